The van der Waals surface area contributed by atoms with Gasteiger partial charge in [-0.05, 0) is 31.2 Å². The summed E-state index contributed by atoms with van der Waals surface area (Å²) < 4.78 is 19.7. The number of anilines is 3. The standard InChI is InChI=1S/C16H16FN7O2/c1-9-12(7-19-24(9)2)14(25)26-8-13-21-15(18)23-16(22-13)20-11-5-3-10(17)4-6-11/h3-7H,8H2,1-2H3,(H3,18,20,21,22,23). The zero-order valence-corrected chi connectivity index (χ0v) is 14.1. The van der Waals surface area contributed by atoms with Crippen molar-refractivity contribution >= 4 is 23.6 Å². The minimum Gasteiger partial charge on any atom is -0.454 e. The number of rotatable bonds is 5. The third-order valence-electron chi connectivity index (χ3n) is 3.59. The second-order valence-electron chi connectivity index (χ2n) is 5.41. The van der Waals surface area contributed by atoms with Crippen molar-refractivity contribution in [1.82, 2.24) is 24.7 Å². The smallest absolute Gasteiger partial charge is 0.342 e. The fourth-order valence-electron chi connectivity index (χ4n) is 2.13. The molecule has 3 rings (SSSR count). The van der Waals surface area contributed by atoms with E-state index in [2.05, 4.69) is 25.4 Å². The van der Waals surface area contributed by atoms with E-state index in [1.807, 2.05) is 0 Å². The maximum Gasteiger partial charge on any atom is 0.342 e. The molecule has 2 heterocycles. The molecule has 26 heavy (non-hydrogen) atoms. The summed E-state index contributed by atoms with van der Waals surface area (Å²) >= 11 is 0. The van der Waals surface area contributed by atoms with E-state index in [4.69, 9.17) is 10.5 Å². The van der Waals surface area contributed by atoms with Crippen molar-refractivity contribution < 1.29 is 13.9 Å². The first kappa shape index (κ1) is 17.3. The number of benzene rings is 1. The largest absolute Gasteiger partial charge is 0.454 e. The van der Waals surface area contributed by atoms with Crippen molar-refractivity contribution in [1.29, 1.82) is 0 Å². The van der Waals surface area contributed by atoms with E-state index < -0.39 is 5.97 Å². The molecule has 0 unspecified atom stereocenters. The molecule has 0 radical (unpaired) electrons. The lowest BCUT2D eigenvalue weighted by Gasteiger charge is -2.08. The second kappa shape index (κ2) is 7.13. The van der Waals surface area contributed by atoms with Gasteiger partial charge in [-0.25, -0.2) is 9.18 Å². The maximum absolute atomic E-state index is 13.0. The summed E-state index contributed by atoms with van der Waals surface area (Å²) in [5, 5.41) is 6.87. The van der Waals surface area contributed by atoms with Crippen LogP contribution in [0.15, 0.2) is 30.5 Å². The zero-order valence-electron chi connectivity index (χ0n) is 14.1. The molecule has 2 aromatic heterocycles. The Balaban J connectivity index is 1.70. The molecule has 3 aromatic rings. The highest BCUT2D eigenvalue weighted by Gasteiger charge is 2.15. The number of nitrogens with two attached hydrogens (primary N) is 1. The van der Waals surface area contributed by atoms with Gasteiger partial charge in [0.25, 0.3) is 0 Å². The highest BCUT2D eigenvalue weighted by Crippen LogP contribution is 2.15. The minimum atomic E-state index is -0.539. The Labute approximate surface area is 148 Å². The van der Waals surface area contributed by atoms with Crippen molar-refractivity contribution in [3.63, 3.8) is 0 Å². The number of halogens is 1. The molecule has 3 N–H and O–H groups in total. The number of nitrogen functional groups attached to an aromatic ring is 1. The first-order valence-electron chi connectivity index (χ1n) is 7.61. The number of nitrogens with zero attached hydrogens (tertiary/aromatic N) is 5. The van der Waals surface area contributed by atoms with Gasteiger partial charge in [-0.15, -0.1) is 0 Å². The van der Waals surface area contributed by atoms with Gasteiger partial charge in [0, 0.05) is 18.4 Å². The molecule has 9 nitrogen and oxygen atoms in total. The summed E-state index contributed by atoms with van der Waals surface area (Å²) in [4.78, 5) is 24.1. The first-order valence-corrected chi connectivity index (χ1v) is 7.61. The molecular weight excluding hydrogens is 341 g/mol. The number of aryl methyl sites for hydroxylation is 1. The van der Waals surface area contributed by atoms with Crippen molar-refractivity contribution in [2.24, 2.45) is 7.05 Å². The molecule has 0 aliphatic carbocycles. The van der Waals surface area contributed by atoms with Gasteiger partial charge in [0.05, 0.1) is 6.20 Å². The summed E-state index contributed by atoms with van der Waals surface area (Å²) in [7, 11) is 1.73. The van der Waals surface area contributed by atoms with E-state index in [1.54, 1.807) is 18.7 Å². The van der Waals surface area contributed by atoms with E-state index >= 15 is 0 Å². The number of ether oxygens (including phenoxy) is 1. The third-order valence-corrected chi connectivity index (χ3v) is 3.59. The van der Waals surface area contributed by atoms with Crippen LogP contribution in [-0.2, 0) is 18.4 Å². The molecule has 0 bridgehead atoms. The fourth-order valence-corrected chi connectivity index (χ4v) is 2.13. The predicted octanol–water partition coefficient (Wildman–Crippen LogP) is 1.74. The van der Waals surface area contributed by atoms with E-state index in [-0.39, 0.29) is 30.1 Å². The quantitative estimate of drug-likeness (QED) is 0.662. The SMILES string of the molecule is Cc1c(C(=O)OCc2nc(N)nc(Nc3ccc(F)cc3)n2)cnn1C. The summed E-state index contributed by atoms with van der Waals surface area (Å²) in [6.07, 6.45) is 1.43. The molecule has 0 spiro atoms. The number of aromatic nitrogens is 5. The molecule has 0 fully saturated rings. The molecule has 134 valence electrons. The topological polar surface area (TPSA) is 121 Å². The summed E-state index contributed by atoms with van der Waals surface area (Å²) in [6.45, 7) is 1.58. The van der Waals surface area contributed by atoms with Gasteiger partial charge in [-0.1, -0.05) is 0 Å². The number of carbonyl (C=O) groups is 1. The normalized spacial score (nSPS) is 10.6. The van der Waals surface area contributed by atoms with Crippen LogP contribution in [0.5, 0.6) is 0 Å². The second-order valence-corrected chi connectivity index (χ2v) is 5.41. The van der Waals surface area contributed by atoms with Crippen molar-refractivity contribution in [3.05, 3.63) is 53.4 Å². The molecule has 1 aromatic carbocycles. The molecule has 0 aliphatic rings. The number of hydrogen-bond donors (Lipinski definition) is 2. The van der Waals surface area contributed by atoms with Crippen LogP contribution in [0, 0.1) is 12.7 Å². The predicted molar refractivity (Wildman–Crippen MR) is 91.0 cm³/mol. The van der Waals surface area contributed by atoms with Crippen LogP contribution in [0.4, 0.5) is 22.0 Å². The zero-order chi connectivity index (χ0) is 18.7. The van der Waals surface area contributed by atoms with Gasteiger partial charge in [0.15, 0.2) is 12.4 Å². The van der Waals surface area contributed by atoms with Crippen molar-refractivity contribution in [2.45, 2.75) is 13.5 Å². The van der Waals surface area contributed by atoms with Crippen LogP contribution in [0.2, 0.25) is 0 Å². The van der Waals surface area contributed by atoms with Gasteiger partial charge in [0.2, 0.25) is 11.9 Å². The van der Waals surface area contributed by atoms with Gasteiger partial charge in [-0.2, -0.15) is 20.1 Å². The fraction of sp³-hybridized carbons (Fsp3) is 0.188. The monoisotopic (exact) mass is 357 g/mol. The molecule has 0 amide bonds. The molecule has 0 saturated heterocycles. The number of esters is 1. The van der Waals surface area contributed by atoms with Gasteiger partial charge in [-0.3, -0.25) is 4.68 Å². The number of hydrogen-bond acceptors (Lipinski definition) is 8. The van der Waals surface area contributed by atoms with E-state index in [9.17, 15) is 9.18 Å². The Hall–Kier alpha value is -3.56. The van der Waals surface area contributed by atoms with Crippen LogP contribution in [-0.4, -0.2) is 30.7 Å². The van der Waals surface area contributed by atoms with E-state index in [1.165, 1.54) is 30.5 Å². The van der Waals surface area contributed by atoms with E-state index in [0.29, 0.717) is 16.9 Å². The average Bonchev–Trinajstić information content (AvgIpc) is 2.94. The van der Waals surface area contributed by atoms with Crippen LogP contribution in [0.3, 0.4) is 0 Å². The molecule has 0 saturated carbocycles. The lowest BCUT2D eigenvalue weighted by molar-refractivity contribution is 0.0461. The lowest BCUT2D eigenvalue weighted by Crippen LogP contribution is -2.11. The van der Waals surface area contributed by atoms with Crippen molar-refractivity contribution in [2.75, 3.05) is 11.1 Å². The molecule has 0 aliphatic heterocycles. The summed E-state index contributed by atoms with van der Waals surface area (Å²) in [5.41, 5.74) is 7.29. The van der Waals surface area contributed by atoms with Crippen molar-refractivity contribution in [3.8, 4) is 0 Å². The van der Waals surface area contributed by atoms with Gasteiger partial charge >= 0.3 is 5.97 Å². The van der Waals surface area contributed by atoms with E-state index in [0.717, 1.165) is 0 Å². The minimum absolute atomic E-state index is 0.0341. The van der Waals surface area contributed by atoms with Crippen LogP contribution in [0.25, 0.3) is 0 Å². The third kappa shape index (κ3) is 3.91. The van der Waals surface area contributed by atoms with Gasteiger partial charge in [0.1, 0.15) is 11.4 Å². The Bertz CT molecular complexity index is 940. The highest BCUT2D eigenvalue weighted by atomic mass is 19.1. The summed E-state index contributed by atoms with van der Waals surface area (Å²) in [6, 6.07) is 5.65. The summed E-state index contributed by atoms with van der Waals surface area (Å²) in [5.74, 6) is -0.593. The Kier molecular flexibility index (Phi) is 4.74. The van der Waals surface area contributed by atoms with Crippen LogP contribution in [0.1, 0.15) is 21.9 Å². The Morgan fingerprint density at radius 2 is 2.00 bits per heavy atom. The Morgan fingerprint density at radius 1 is 1.27 bits per heavy atom. The van der Waals surface area contributed by atoms with Crippen LogP contribution < -0.4 is 11.1 Å². The van der Waals surface area contributed by atoms with Gasteiger partial charge < -0.3 is 15.8 Å². The maximum atomic E-state index is 13.0. The van der Waals surface area contributed by atoms with Crippen LogP contribution >= 0.6 is 0 Å². The lowest BCUT2D eigenvalue weighted by atomic mass is 10.3. The average molecular weight is 357 g/mol. The molecule has 0 atom stereocenters. The number of nitrogens with one attached hydrogen (secondary N) is 1. The molecular formula is C16H16FN7O2. The first-order chi connectivity index (χ1) is 12.4. The number of carbonyl (C=O) groups excluding carboxylic acids is 1. The Morgan fingerprint density at radius 3 is 2.65 bits per heavy atom. The highest BCUT2D eigenvalue weighted by molar-refractivity contribution is 5.90. The molecule has 10 heteroatoms.